The normalized spacial score (nSPS) is 14.5. The van der Waals surface area contributed by atoms with Crippen LogP contribution < -0.4 is 0 Å². The van der Waals surface area contributed by atoms with Crippen LogP contribution in [0.4, 0.5) is 0 Å². The Morgan fingerprint density at radius 1 is 1.06 bits per heavy atom. The number of hydrogen-bond donors (Lipinski definition) is 1. The molecule has 4 aromatic rings. The molecule has 8 nitrogen and oxygen atoms in total. The number of nitrogens with zero attached hydrogens (tertiary/aromatic N) is 6. The van der Waals surface area contributed by atoms with Crippen molar-refractivity contribution in [2.45, 2.75) is 52.0 Å². The van der Waals surface area contributed by atoms with Crippen LogP contribution in [0.25, 0.3) is 28.6 Å². The number of nitrogens with one attached hydrogen (secondary N) is 1. The number of carbonyl (C=O) groups is 1. The predicted octanol–water partition coefficient (Wildman–Crippen LogP) is 5.36. The highest BCUT2D eigenvalue weighted by molar-refractivity contribution is 5.94. The summed E-state index contributed by atoms with van der Waals surface area (Å²) in [4.78, 5) is 17.7. The first-order valence-corrected chi connectivity index (χ1v) is 12.3. The van der Waals surface area contributed by atoms with Gasteiger partial charge in [0, 0.05) is 11.5 Å². The molecule has 0 amide bonds. The fourth-order valence-electron chi connectivity index (χ4n) is 4.64. The maximum Gasteiger partial charge on any atom is 0.218 e. The van der Waals surface area contributed by atoms with E-state index in [1.54, 1.807) is 0 Å². The van der Waals surface area contributed by atoms with Gasteiger partial charge in [-0.25, -0.2) is 9.67 Å². The highest BCUT2D eigenvalue weighted by atomic mass is 16.1. The summed E-state index contributed by atoms with van der Waals surface area (Å²) in [5.74, 6) is 1.77. The number of H-pyrrole nitrogens is 1. The third-order valence-corrected chi connectivity index (χ3v) is 6.51. The summed E-state index contributed by atoms with van der Waals surface area (Å²) in [5.41, 5.74) is 4.10. The number of rotatable bonds is 8. The van der Waals surface area contributed by atoms with Gasteiger partial charge in [-0.15, -0.1) is 15.3 Å². The molecule has 0 spiro atoms. The van der Waals surface area contributed by atoms with Gasteiger partial charge in [-0.05, 0) is 47.2 Å². The summed E-state index contributed by atoms with van der Waals surface area (Å²) in [5, 5.41) is 19.1. The summed E-state index contributed by atoms with van der Waals surface area (Å²) in [7, 11) is 0. The lowest BCUT2D eigenvalue weighted by atomic mass is 9.86. The van der Waals surface area contributed by atoms with E-state index < -0.39 is 0 Å². The van der Waals surface area contributed by atoms with Gasteiger partial charge in [0.1, 0.15) is 0 Å². The number of benzene rings is 2. The monoisotopic (exact) mass is 467 g/mol. The molecule has 2 aromatic heterocycles. The highest BCUT2D eigenvalue weighted by Crippen LogP contribution is 2.30. The fourth-order valence-corrected chi connectivity index (χ4v) is 4.64. The van der Waals surface area contributed by atoms with Gasteiger partial charge in [0.05, 0.1) is 6.54 Å². The number of ketones is 1. The van der Waals surface area contributed by atoms with Gasteiger partial charge < -0.3 is 0 Å². The Morgan fingerprint density at radius 2 is 1.83 bits per heavy atom. The number of allylic oxidation sites excluding steroid dienone is 1. The van der Waals surface area contributed by atoms with Crippen molar-refractivity contribution in [3.63, 3.8) is 0 Å². The van der Waals surface area contributed by atoms with Crippen LogP contribution >= 0.6 is 0 Å². The van der Waals surface area contributed by atoms with Gasteiger partial charge in [0.25, 0.3) is 0 Å². The third kappa shape index (κ3) is 5.11. The van der Waals surface area contributed by atoms with Gasteiger partial charge in [0.15, 0.2) is 5.82 Å². The number of hydrogen-bond acceptors (Lipinski definition) is 6. The summed E-state index contributed by atoms with van der Waals surface area (Å²) < 4.78 is 1.84. The van der Waals surface area contributed by atoms with E-state index in [0.29, 0.717) is 18.2 Å². The molecule has 0 radical (unpaired) electrons. The third-order valence-electron chi connectivity index (χ3n) is 6.51. The average Bonchev–Trinajstić information content (AvgIpc) is 3.59. The molecule has 1 aliphatic rings. The van der Waals surface area contributed by atoms with E-state index in [-0.39, 0.29) is 11.7 Å². The molecular weight excluding hydrogens is 438 g/mol. The molecule has 5 rings (SSSR count). The van der Waals surface area contributed by atoms with Gasteiger partial charge >= 0.3 is 0 Å². The Hall–Kier alpha value is -3.94. The SMILES string of the molecule is CCC=Cc1nc(C(=O)C2CCCCC2)nn1Cc1ccc(-c2ccccc2-c2nn[nH]n2)cc1. The first-order valence-electron chi connectivity index (χ1n) is 12.3. The van der Waals surface area contributed by atoms with E-state index in [0.717, 1.165) is 60.2 Å². The molecule has 35 heavy (non-hydrogen) atoms. The molecule has 0 bridgehead atoms. The minimum Gasteiger partial charge on any atom is -0.290 e. The van der Waals surface area contributed by atoms with Crippen molar-refractivity contribution in [1.82, 2.24) is 35.4 Å². The maximum atomic E-state index is 13.0. The molecule has 178 valence electrons. The zero-order valence-electron chi connectivity index (χ0n) is 19.9. The summed E-state index contributed by atoms with van der Waals surface area (Å²) in [6, 6.07) is 16.3. The highest BCUT2D eigenvalue weighted by Gasteiger charge is 2.26. The van der Waals surface area contributed by atoms with Crippen LogP contribution in [0.1, 0.15) is 67.5 Å². The number of aromatic amines is 1. The van der Waals surface area contributed by atoms with E-state index in [2.05, 4.69) is 68.0 Å². The maximum absolute atomic E-state index is 13.0. The van der Waals surface area contributed by atoms with Crippen LogP contribution in [-0.2, 0) is 6.54 Å². The Bertz CT molecular complexity index is 1300. The second-order valence-corrected chi connectivity index (χ2v) is 8.94. The zero-order valence-corrected chi connectivity index (χ0v) is 19.9. The lowest BCUT2D eigenvalue weighted by Gasteiger charge is -2.18. The smallest absolute Gasteiger partial charge is 0.218 e. The summed E-state index contributed by atoms with van der Waals surface area (Å²) in [6.07, 6.45) is 10.2. The summed E-state index contributed by atoms with van der Waals surface area (Å²) in [6.45, 7) is 2.62. The molecule has 2 heterocycles. The topological polar surface area (TPSA) is 102 Å². The van der Waals surface area contributed by atoms with Crippen LogP contribution in [0.15, 0.2) is 54.6 Å². The number of aromatic nitrogens is 7. The van der Waals surface area contributed by atoms with E-state index in [9.17, 15) is 4.79 Å². The predicted molar refractivity (Wildman–Crippen MR) is 134 cm³/mol. The van der Waals surface area contributed by atoms with E-state index in [1.807, 2.05) is 35.0 Å². The molecular formula is C27H29N7O. The van der Waals surface area contributed by atoms with Gasteiger partial charge in [-0.3, -0.25) is 4.79 Å². The lowest BCUT2D eigenvalue weighted by Crippen LogP contribution is -2.19. The quantitative estimate of drug-likeness (QED) is 0.350. The Balaban J connectivity index is 1.39. The molecule has 0 atom stereocenters. The minimum atomic E-state index is 0.0566. The minimum absolute atomic E-state index is 0.0566. The molecule has 1 aliphatic carbocycles. The largest absolute Gasteiger partial charge is 0.290 e. The number of carbonyl (C=O) groups excluding carboxylic acids is 1. The second kappa shape index (κ2) is 10.5. The van der Waals surface area contributed by atoms with E-state index in [4.69, 9.17) is 0 Å². The number of tetrazole rings is 1. The molecule has 0 aliphatic heterocycles. The molecule has 0 saturated heterocycles. The number of Topliss-reactive ketones (excluding diaryl/α,β-unsaturated/α-hetero) is 1. The van der Waals surface area contributed by atoms with Gasteiger partial charge in [-0.1, -0.05) is 80.8 Å². The van der Waals surface area contributed by atoms with Crippen LogP contribution in [-0.4, -0.2) is 41.2 Å². The van der Waals surface area contributed by atoms with Crippen molar-refractivity contribution in [1.29, 1.82) is 0 Å². The van der Waals surface area contributed by atoms with Crippen molar-refractivity contribution in [2.75, 3.05) is 0 Å². The van der Waals surface area contributed by atoms with Crippen molar-refractivity contribution in [2.24, 2.45) is 5.92 Å². The molecule has 2 aromatic carbocycles. The average molecular weight is 468 g/mol. The van der Waals surface area contributed by atoms with Crippen molar-refractivity contribution >= 4 is 11.9 Å². The van der Waals surface area contributed by atoms with Gasteiger partial charge in [0.2, 0.25) is 17.4 Å². The fraction of sp³-hybridized carbons (Fsp3) is 0.333. The zero-order chi connectivity index (χ0) is 24.0. The van der Waals surface area contributed by atoms with Crippen molar-refractivity contribution in [3.05, 3.63) is 71.8 Å². The standard InChI is InChI=1S/C27H29N7O/c1-2-3-13-24-28-27(25(35)21-9-5-4-6-10-21)31-34(24)18-19-14-16-20(17-15-19)22-11-7-8-12-23(22)26-29-32-33-30-26/h3,7-8,11-17,21H,2,4-6,9-10,18H2,1H3,(H,29,30,32,33). The van der Waals surface area contributed by atoms with Crippen molar-refractivity contribution < 1.29 is 4.79 Å². The Kier molecular flexibility index (Phi) is 6.88. The molecule has 1 N–H and O–H groups in total. The van der Waals surface area contributed by atoms with Crippen LogP contribution in [0.2, 0.25) is 0 Å². The van der Waals surface area contributed by atoms with E-state index in [1.165, 1.54) is 6.42 Å². The lowest BCUT2D eigenvalue weighted by molar-refractivity contribution is 0.0878. The van der Waals surface area contributed by atoms with E-state index >= 15 is 0 Å². The van der Waals surface area contributed by atoms with Crippen LogP contribution in [0.5, 0.6) is 0 Å². The molecule has 0 unspecified atom stereocenters. The second-order valence-electron chi connectivity index (χ2n) is 8.94. The van der Waals surface area contributed by atoms with Crippen molar-refractivity contribution in [3.8, 4) is 22.5 Å². The molecule has 8 heteroatoms. The molecule has 1 fully saturated rings. The molecule has 1 saturated carbocycles. The van der Waals surface area contributed by atoms with Crippen LogP contribution in [0.3, 0.4) is 0 Å². The first-order chi connectivity index (χ1) is 17.2. The summed E-state index contributed by atoms with van der Waals surface area (Å²) >= 11 is 0. The Morgan fingerprint density at radius 3 is 2.54 bits per heavy atom. The van der Waals surface area contributed by atoms with Gasteiger partial charge in [-0.2, -0.15) is 5.21 Å². The first kappa shape index (κ1) is 22.8. The Labute approximate surface area is 204 Å². The van der Waals surface area contributed by atoms with Crippen LogP contribution in [0, 0.1) is 5.92 Å².